The molecule has 6 aromatic carbocycles. The molecule has 13 N–H and O–H groups in total. The first kappa shape index (κ1) is 77.3. The number of nitrogens with one attached hydrogen (secondary N) is 7. The first-order valence-corrected chi connectivity index (χ1v) is 29.4. The number of nitrogens with zero attached hydrogens (tertiary/aromatic N) is 3. The summed E-state index contributed by atoms with van der Waals surface area (Å²) in [6, 6.07) is 34.5. The third-order valence-electron chi connectivity index (χ3n) is 12.7. The fourth-order valence-electron chi connectivity index (χ4n) is 8.29. The number of likely N-dealkylation sites (N-methyl/N-ethyl adjacent to an activating group) is 3. The first-order chi connectivity index (χ1) is 43.8. The summed E-state index contributed by atoms with van der Waals surface area (Å²) in [6.45, 7) is 11.3. The first-order valence-electron chi connectivity index (χ1n) is 28.3. The van der Waals surface area contributed by atoms with Gasteiger partial charge in [-0.2, -0.15) is 5.26 Å². The normalized spacial score (nSPS) is 11.5. The Bertz CT molecular complexity index is 3740. The molecule has 28 heteroatoms. The second-order valence-electron chi connectivity index (χ2n) is 20.6. The maximum absolute atomic E-state index is 12.7. The predicted octanol–water partition coefficient (Wildman–Crippen LogP) is 7.92. The molecular weight excluding hydrogens is 1260 g/mol. The number of aromatic amines is 1. The van der Waals surface area contributed by atoms with Crippen molar-refractivity contribution in [3.05, 3.63) is 198 Å². The van der Waals surface area contributed by atoms with Crippen molar-refractivity contribution in [2.24, 2.45) is 16.8 Å². The summed E-state index contributed by atoms with van der Waals surface area (Å²) in [7, 11) is 4.51. The molecule has 0 spiro atoms. The van der Waals surface area contributed by atoms with E-state index >= 15 is 0 Å². The molecule has 0 aliphatic heterocycles. The number of H-pyrrole nitrogens is 1. The highest BCUT2D eigenvalue weighted by Crippen LogP contribution is 2.29. The fraction of sp³-hybridized carbons (Fsp3) is 0.292. The topological polar surface area (TPSA) is 390 Å². The van der Waals surface area contributed by atoms with Crippen LogP contribution in [0.2, 0.25) is 15.1 Å². The Morgan fingerprint density at radius 2 is 0.871 bits per heavy atom. The summed E-state index contributed by atoms with van der Waals surface area (Å²) < 4.78 is 21.2. The van der Waals surface area contributed by atoms with Crippen LogP contribution in [0, 0.1) is 11.3 Å². The lowest BCUT2D eigenvalue weighted by Crippen LogP contribution is -2.47. The average molecular weight is 1340 g/mol. The molecular formula is C65H77Cl3N12O13. The van der Waals surface area contributed by atoms with Crippen LogP contribution in [0.3, 0.4) is 0 Å². The van der Waals surface area contributed by atoms with Crippen molar-refractivity contribution in [1.29, 1.82) is 5.26 Å². The van der Waals surface area contributed by atoms with Crippen LogP contribution in [0.5, 0.6) is 17.2 Å². The van der Waals surface area contributed by atoms with E-state index in [1.54, 1.807) is 109 Å². The Morgan fingerprint density at radius 1 is 0.559 bits per heavy atom. The van der Waals surface area contributed by atoms with Gasteiger partial charge in [-0.1, -0.05) is 113 Å². The summed E-state index contributed by atoms with van der Waals surface area (Å²) >= 11 is 18.6. The van der Waals surface area contributed by atoms with Crippen molar-refractivity contribution in [1.82, 2.24) is 42.0 Å². The summed E-state index contributed by atoms with van der Waals surface area (Å²) in [5, 5.41) is 47.5. The minimum Gasteiger partial charge on any atom is -0.489 e. The van der Waals surface area contributed by atoms with Crippen molar-refractivity contribution >= 4 is 76.1 Å². The number of hydrogen-bond donors (Lipinski definition) is 11. The second kappa shape index (κ2) is 38.7. The monoisotopic (exact) mass is 1340 g/mol. The maximum Gasteiger partial charge on any atom is 0.439 e. The van der Waals surface area contributed by atoms with Gasteiger partial charge in [-0.05, 0) is 125 Å². The van der Waals surface area contributed by atoms with E-state index in [0.717, 1.165) is 16.7 Å². The van der Waals surface area contributed by atoms with Gasteiger partial charge in [0.1, 0.15) is 35.4 Å². The number of amides is 6. The molecule has 0 radical (unpaired) electrons. The Labute approximate surface area is 553 Å². The molecule has 1 heterocycles. The summed E-state index contributed by atoms with van der Waals surface area (Å²) in [5.74, 6) is 2.32. The van der Waals surface area contributed by atoms with E-state index in [4.69, 9.17) is 70.4 Å². The van der Waals surface area contributed by atoms with Crippen LogP contribution >= 0.6 is 34.8 Å². The molecule has 0 saturated carbocycles. The van der Waals surface area contributed by atoms with Gasteiger partial charge in [-0.3, -0.25) is 38.3 Å². The number of halogens is 3. The molecule has 1 aromatic heterocycles. The Morgan fingerprint density at radius 3 is 1.14 bits per heavy atom. The highest BCUT2D eigenvalue weighted by atomic mass is 35.5. The fourth-order valence-corrected chi connectivity index (χ4v) is 8.97. The summed E-state index contributed by atoms with van der Waals surface area (Å²) in [4.78, 5) is 88.5. The van der Waals surface area contributed by atoms with Crippen LogP contribution in [-0.2, 0) is 33.6 Å². The summed E-state index contributed by atoms with van der Waals surface area (Å²) in [6.07, 6.45) is 0.653. The quantitative estimate of drug-likeness (QED) is 0.0125. The smallest absolute Gasteiger partial charge is 0.439 e. The third kappa shape index (κ3) is 24.6. The molecule has 7 rings (SSSR count). The van der Waals surface area contributed by atoms with Gasteiger partial charge in [0.2, 0.25) is 17.7 Å². The van der Waals surface area contributed by atoms with E-state index in [0.29, 0.717) is 77.9 Å². The Balaban J connectivity index is 0.000000358. The lowest BCUT2D eigenvalue weighted by atomic mass is 10.0. The molecule has 0 aliphatic rings. The molecule has 0 bridgehead atoms. The second-order valence-corrected chi connectivity index (χ2v) is 21.8. The molecule has 93 heavy (non-hydrogen) atoms. The van der Waals surface area contributed by atoms with Crippen molar-refractivity contribution < 1.29 is 57.9 Å². The van der Waals surface area contributed by atoms with Gasteiger partial charge in [0, 0.05) is 68.2 Å². The molecule has 496 valence electrons. The molecule has 3 unspecified atom stereocenters. The lowest BCUT2D eigenvalue weighted by molar-refractivity contribution is -0.123. The molecule has 3 atom stereocenters. The van der Waals surface area contributed by atoms with Crippen LogP contribution in [0.25, 0.3) is 11.4 Å². The largest absolute Gasteiger partial charge is 0.489 e. The van der Waals surface area contributed by atoms with Gasteiger partial charge in [-0.15, -0.1) is 0 Å². The zero-order chi connectivity index (χ0) is 68.2. The zero-order valence-corrected chi connectivity index (χ0v) is 54.0. The van der Waals surface area contributed by atoms with E-state index < -0.39 is 41.6 Å². The number of oxime groups is 1. The lowest BCUT2D eigenvalue weighted by Gasteiger charge is -2.18. The molecule has 0 fully saturated rings. The molecule has 7 aromatic rings. The van der Waals surface area contributed by atoms with Gasteiger partial charge in [0.05, 0.1) is 45.0 Å². The Hall–Kier alpha value is -9.97. The minimum atomic E-state index is -0.810. The number of carbonyl (C=O) groups excluding carboxylic acids is 6. The van der Waals surface area contributed by atoms with Gasteiger partial charge in [0.25, 0.3) is 17.7 Å². The zero-order valence-electron chi connectivity index (χ0n) is 51.7. The van der Waals surface area contributed by atoms with Gasteiger partial charge >= 0.3 is 5.76 Å². The van der Waals surface area contributed by atoms with E-state index in [9.17, 15) is 33.6 Å². The highest BCUT2D eigenvalue weighted by Gasteiger charge is 2.25. The van der Waals surface area contributed by atoms with Crippen LogP contribution in [0.1, 0.15) is 108 Å². The van der Waals surface area contributed by atoms with E-state index in [1.165, 1.54) is 39.3 Å². The molecule has 25 nitrogen and oxygen atoms in total. The summed E-state index contributed by atoms with van der Waals surface area (Å²) in [5.41, 5.74) is 10.6. The van der Waals surface area contributed by atoms with E-state index in [-0.39, 0.29) is 62.1 Å². The minimum absolute atomic E-state index is 0. The van der Waals surface area contributed by atoms with E-state index in [2.05, 4.69) is 57.6 Å². The van der Waals surface area contributed by atoms with Crippen molar-refractivity contribution in [3.63, 3.8) is 0 Å². The predicted molar refractivity (Wildman–Crippen MR) is 354 cm³/mol. The number of benzene rings is 6. The number of ether oxygens (including phenoxy) is 3. The van der Waals surface area contributed by atoms with Crippen LogP contribution in [-0.4, -0.2) is 119 Å². The van der Waals surface area contributed by atoms with Crippen molar-refractivity contribution in [3.8, 4) is 34.7 Å². The van der Waals surface area contributed by atoms with E-state index in [1.807, 2.05) is 47.6 Å². The van der Waals surface area contributed by atoms with Gasteiger partial charge in [-0.25, -0.2) is 10.7 Å². The van der Waals surface area contributed by atoms with Crippen LogP contribution < -0.4 is 63.5 Å². The number of hydrogen-bond acceptors (Lipinski definition) is 17. The van der Waals surface area contributed by atoms with Gasteiger partial charge < -0.3 is 62.3 Å². The number of aromatic nitrogens is 2. The van der Waals surface area contributed by atoms with Crippen LogP contribution in [0.15, 0.2) is 142 Å². The standard InChI is InChI=1S/C22H23ClN4O5.C21H25ClN4O4.C21H22ClN3O3.CH4.H3NO/c1-12(2)31-18-9-8-15(11-16(18)23)20(28)25-17(21(29)24-3)10-13-4-6-14(7-5-13)19-26-22(30)32-27-19;1-12(2)30-18-9-8-15(11-16(18)22)20(27)25-17(21(28)24-3)10-13-4-6-14(7-5-13)19(23)26-29;1-13(2)28-19-9-8-16(11-17(19)22)20(26)25-18(21(27)24-3)10-14-4-6-15(12-23)7-5-14;;1-2/h4-9,11-12,17H,10H2,1-3H3,(H,24,29)(H,25,28)(H,26,27,30);4-9,11-12,17,29H,10H2,1-3H3,(H2,23,26)(H,24,28)(H,25,27);4-9,11,13,18H,10H2,1-3H3,(H,24,27)(H,25,26);1H4;2H,1H2. The molecule has 6 amide bonds. The number of carbonyl (C=O) groups is 6. The number of rotatable bonds is 23. The average Bonchev–Trinajstić information content (AvgIpc) is 1.75. The number of nitriles is 1. The molecule has 0 aliphatic carbocycles. The third-order valence-corrected chi connectivity index (χ3v) is 13.6. The van der Waals surface area contributed by atoms with Crippen molar-refractivity contribution in [2.45, 2.75) is 105 Å². The van der Waals surface area contributed by atoms with Gasteiger partial charge in [0.15, 0.2) is 11.7 Å². The van der Waals surface area contributed by atoms with Crippen molar-refractivity contribution in [2.75, 3.05) is 21.1 Å². The Kier molecular flexibility index (Phi) is 32.1. The SMILES string of the molecule is C.CNC(=O)C(Cc1ccc(-c2noc(=O)[nH]2)cc1)NC(=O)c1ccc(OC(C)C)c(Cl)c1.CNC(=O)C(Cc1ccc(/C(N)=N/O)cc1)NC(=O)c1ccc(OC(C)C)c(Cl)c1.CNC(=O)C(Cc1ccc(C#N)cc1)NC(=O)c1ccc(OC(C)C)c(Cl)c1.NO. The number of amidine groups is 1. The van der Waals surface area contributed by atoms with Crippen LogP contribution in [0.4, 0.5) is 0 Å². The highest BCUT2D eigenvalue weighted by molar-refractivity contribution is 6.33. The maximum atomic E-state index is 12.7. The molecule has 0 saturated heterocycles. The number of nitrogens with two attached hydrogens (primary N) is 2.